The van der Waals surface area contributed by atoms with Gasteiger partial charge in [-0.2, -0.15) is 0 Å². The van der Waals surface area contributed by atoms with Crippen LogP contribution in [-0.4, -0.2) is 35.5 Å². The molecule has 2 rings (SSSR count). The molecule has 0 bridgehead atoms. The third kappa shape index (κ3) is 3.43. The van der Waals surface area contributed by atoms with Gasteiger partial charge in [0.2, 0.25) is 0 Å². The molecule has 0 aliphatic carbocycles. The fourth-order valence-electron chi connectivity index (χ4n) is 2.55. The topological polar surface area (TPSA) is 42.4 Å². The van der Waals surface area contributed by atoms with Gasteiger partial charge in [0.05, 0.1) is 7.11 Å². The Morgan fingerprint density at radius 1 is 1.50 bits per heavy atom. The second kappa shape index (κ2) is 6.74. The van der Waals surface area contributed by atoms with Gasteiger partial charge in [0.1, 0.15) is 11.2 Å². The predicted octanol–water partition coefficient (Wildman–Crippen LogP) is 3.22. The molecule has 0 amide bonds. The molecule has 0 radical (unpaired) electrons. The molecule has 110 valence electrons. The van der Waals surface area contributed by atoms with E-state index in [1.165, 1.54) is 7.11 Å². The van der Waals surface area contributed by atoms with Crippen molar-refractivity contribution in [1.82, 2.24) is 9.88 Å². The number of aryl methyl sites for hydroxylation is 1. The molecule has 20 heavy (non-hydrogen) atoms. The second-order valence-corrected chi connectivity index (χ2v) is 5.79. The molecule has 2 heterocycles. The van der Waals surface area contributed by atoms with Gasteiger partial charge in [-0.15, -0.1) is 0 Å². The summed E-state index contributed by atoms with van der Waals surface area (Å²) in [5.41, 5.74) is 1.56. The number of nitrogens with zero attached hydrogens (tertiary/aromatic N) is 2. The van der Waals surface area contributed by atoms with Crippen LogP contribution < -0.4 is 0 Å². The number of ether oxygens (including phenoxy) is 1. The number of halogens is 2. The van der Waals surface area contributed by atoms with Crippen LogP contribution in [0, 0.1) is 6.92 Å². The number of aromatic nitrogens is 1. The molecule has 0 aromatic carbocycles. The monoisotopic (exact) mass is 316 g/mol. The molecular formula is C14H18Cl2N2O2. The molecule has 1 aromatic heterocycles. The Morgan fingerprint density at radius 3 is 2.90 bits per heavy atom. The number of methoxy groups -OCH3 is 1. The van der Waals surface area contributed by atoms with E-state index in [4.69, 9.17) is 27.9 Å². The van der Waals surface area contributed by atoms with Gasteiger partial charge in [-0.1, -0.05) is 29.6 Å². The summed E-state index contributed by atoms with van der Waals surface area (Å²) in [5.74, 6) is -0.197. The molecule has 4 nitrogen and oxygen atoms in total. The lowest BCUT2D eigenvalue weighted by Crippen LogP contribution is -2.44. The van der Waals surface area contributed by atoms with Crippen molar-refractivity contribution in [2.75, 3.05) is 13.7 Å². The number of rotatable bonds is 3. The van der Waals surface area contributed by atoms with Gasteiger partial charge >= 0.3 is 5.97 Å². The van der Waals surface area contributed by atoms with Crippen molar-refractivity contribution >= 4 is 29.2 Å². The molecule has 1 atom stereocenters. The number of hydrogen-bond donors (Lipinski definition) is 0. The largest absolute Gasteiger partial charge is 0.468 e. The van der Waals surface area contributed by atoms with Crippen molar-refractivity contribution in [3.63, 3.8) is 0 Å². The highest BCUT2D eigenvalue weighted by atomic mass is 35.5. The van der Waals surface area contributed by atoms with Gasteiger partial charge in [-0.25, -0.2) is 4.98 Å². The normalized spacial score (nSPS) is 19.9. The van der Waals surface area contributed by atoms with Crippen molar-refractivity contribution in [3.8, 4) is 0 Å². The third-order valence-electron chi connectivity index (χ3n) is 3.60. The van der Waals surface area contributed by atoms with Crippen LogP contribution in [-0.2, 0) is 16.1 Å². The van der Waals surface area contributed by atoms with Gasteiger partial charge in [0.15, 0.2) is 0 Å². The number of esters is 1. The Kier molecular flexibility index (Phi) is 5.24. The summed E-state index contributed by atoms with van der Waals surface area (Å²) in [6.45, 7) is 3.20. The van der Waals surface area contributed by atoms with E-state index in [0.717, 1.165) is 37.1 Å². The minimum atomic E-state index is -0.220. The van der Waals surface area contributed by atoms with E-state index < -0.39 is 0 Å². The Bertz CT molecular complexity index is 485. The van der Waals surface area contributed by atoms with Crippen molar-refractivity contribution in [1.29, 1.82) is 0 Å². The van der Waals surface area contributed by atoms with Crippen molar-refractivity contribution < 1.29 is 9.53 Å². The smallest absolute Gasteiger partial charge is 0.323 e. The minimum Gasteiger partial charge on any atom is -0.468 e. The highest BCUT2D eigenvalue weighted by molar-refractivity contribution is 6.35. The Labute approximate surface area is 129 Å². The van der Waals surface area contributed by atoms with Gasteiger partial charge in [0, 0.05) is 22.8 Å². The maximum Gasteiger partial charge on any atom is 0.323 e. The summed E-state index contributed by atoms with van der Waals surface area (Å²) < 4.78 is 4.88. The Morgan fingerprint density at radius 2 is 2.25 bits per heavy atom. The lowest BCUT2D eigenvalue weighted by Gasteiger charge is -2.34. The molecule has 1 saturated heterocycles. The second-order valence-electron chi connectivity index (χ2n) is 5.02. The van der Waals surface area contributed by atoms with Crippen LogP contribution in [0.1, 0.15) is 30.5 Å². The zero-order chi connectivity index (χ0) is 14.7. The Balaban J connectivity index is 2.21. The highest BCUT2D eigenvalue weighted by Gasteiger charge is 2.30. The summed E-state index contributed by atoms with van der Waals surface area (Å²) in [4.78, 5) is 18.1. The summed E-state index contributed by atoms with van der Waals surface area (Å²) >= 11 is 12.4. The van der Waals surface area contributed by atoms with Crippen molar-refractivity contribution in [2.45, 2.75) is 38.8 Å². The highest BCUT2D eigenvalue weighted by Crippen LogP contribution is 2.28. The first-order valence-electron chi connectivity index (χ1n) is 6.66. The lowest BCUT2D eigenvalue weighted by molar-refractivity contribution is -0.148. The van der Waals surface area contributed by atoms with E-state index in [-0.39, 0.29) is 12.0 Å². The average molecular weight is 317 g/mol. The first-order chi connectivity index (χ1) is 9.52. The minimum absolute atomic E-state index is 0.197. The van der Waals surface area contributed by atoms with Crippen LogP contribution in [0.25, 0.3) is 0 Å². The molecule has 6 heteroatoms. The quantitative estimate of drug-likeness (QED) is 0.634. The lowest BCUT2D eigenvalue weighted by atomic mass is 10.0. The fraction of sp³-hybridized carbons (Fsp3) is 0.571. The molecule has 0 N–H and O–H groups in total. The van der Waals surface area contributed by atoms with E-state index in [1.54, 1.807) is 6.07 Å². The van der Waals surface area contributed by atoms with Gasteiger partial charge in [0.25, 0.3) is 0 Å². The predicted molar refractivity (Wildman–Crippen MR) is 79.1 cm³/mol. The molecule has 1 fully saturated rings. The number of pyridine rings is 1. The van der Waals surface area contributed by atoms with Crippen LogP contribution >= 0.6 is 23.2 Å². The average Bonchev–Trinajstić information content (AvgIpc) is 2.42. The maximum absolute atomic E-state index is 11.8. The first kappa shape index (κ1) is 15.5. The summed E-state index contributed by atoms with van der Waals surface area (Å²) in [6.07, 6.45) is 2.90. The maximum atomic E-state index is 11.8. The number of piperidine rings is 1. The van der Waals surface area contributed by atoms with Gasteiger partial charge in [-0.3, -0.25) is 9.69 Å². The molecule has 1 aliphatic heterocycles. The molecule has 0 saturated carbocycles. The van der Waals surface area contributed by atoms with Crippen LogP contribution in [0.5, 0.6) is 0 Å². The fourth-order valence-corrected chi connectivity index (χ4v) is 3.20. The number of likely N-dealkylation sites (tertiary alicyclic amines) is 1. The number of hydrogen-bond acceptors (Lipinski definition) is 4. The number of carbonyl (C=O) groups excluding carboxylic acids is 1. The van der Waals surface area contributed by atoms with Crippen LogP contribution in [0.2, 0.25) is 10.2 Å². The number of carbonyl (C=O) groups is 1. The van der Waals surface area contributed by atoms with Crippen molar-refractivity contribution in [3.05, 3.63) is 27.5 Å². The van der Waals surface area contributed by atoms with Crippen LogP contribution in [0.15, 0.2) is 6.07 Å². The van der Waals surface area contributed by atoms with Crippen LogP contribution in [0.3, 0.4) is 0 Å². The molecule has 1 aliphatic rings. The summed E-state index contributed by atoms with van der Waals surface area (Å²) in [5, 5.41) is 1.00. The summed E-state index contributed by atoms with van der Waals surface area (Å²) in [7, 11) is 1.42. The molecule has 1 aromatic rings. The zero-order valence-electron chi connectivity index (χ0n) is 11.7. The van der Waals surface area contributed by atoms with Crippen LogP contribution in [0.4, 0.5) is 0 Å². The van der Waals surface area contributed by atoms with E-state index in [2.05, 4.69) is 9.88 Å². The molecule has 0 unspecified atom stereocenters. The summed E-state index contributed by atoms with van der Waals surface area (Å²) in [6, 6.07) is 1.57. The van der Waals surface area contributed by atoms with Gasteiger partial charge < -0.3 is 4.74 Å². The standard InChI is InChI=1S/C14H18Cl2N2O2/c1-9-7-11(15)10(13(16)17-9)8-18-6-4-3-5-12(18)14(19)20-2/h7,12H,3-6,8H2,1-2H3/t12-/m1/s1. The van der Waals surface area contributed by atoms with Crippen molar-refractivity contribution in [2.24, 2.45) is 0 Å². The third-order valence-corrected chi connectivity index (χ3v) is 4.25. The SMILES string of the molecule is COC(=O)[C@H]1CCCCN1Cc1c(Cl)cc(C)nc1Cl. The van der Waals surface area contributed by atoms with E-state index in [0.29, 0.717) is 16.7 Å². The zero-order valence-corrected chi connectivity index (χ0v) is 13.2. The van der Waals surface area contributed by atoms with E-state index in [9.17, 15) is 4.79 Å². The first-order valence-corrected chi connectivity index (χ1v) is 7.42. The van der Waals surface area contributed by atoms with E-state index in [1.807, 2.05) is 6.92 Å². The Hall–Kier alpha value is -0.840. The van der Waals surface area contributed by atoms with E-state index >= 15 is 0 Å². The molecule has 0 spiro atoms. The van der Waals surface area contributed by atoms with Gasteiger partial charge in [-0.05, 0) is 32.4 Å². The molecular weight excluding hydrogens is 299 g/mol.